The first-order valence-electron chi connectivity index (χ1n) is 3.85. The van der Waals surface area contributed by atoms with Gasteiger partial charge in [0.1, 0.15) is 12.2 Å². The third kappa shape index (κ3) is 4.28. The van der Waals surface area contributed by atoms with Gasteiger partial charge in [-0.05, 0) is 28.1 Å². The number of carbonyl (C=O) groups is 1. The second kappa shape index (κ2) is 4.61. The lowest BCUT2D eigenvalue weighted by Gasteiger charge is -2.07. The van der Waals surface area contributed by atoms with Crippen LogP contribution < -0.4 is 5.32 Å². The lowest BCUT2D eigenvalue weighted by Crippen LogP contribution is -2.21. The first-order chi connectivity index (χ1) is 6.88. The highest BCUT2D eigenvalue weighted by Gasteiger charge is 2.31. The maximum absolute atomic E-state index is 11.8. The topological polar surface area (TPSA) is 42.0 Å². The molecule has 7 heteroatoms. The highest BCUT2D eigenvalue weighted by molar-refractivity contribution is 9.10. The zero-order valence-corrected chi connectivity index (χ0v) is 8.89. The molecule has 0 fully saturated rings. The number of nitrogens with one attached hydrogen (secondary N) is 1. The van der Waals surface area contributed by atoms with Gasteiger partial charge in [-0.2, -0.15) is 13.2 Å². The Balaban J connectivity index is 2.64. The van der Waals surface area contributed by atoms with E-state index in [4.69, 9.17) is 0 Å². The highest BCUT2D eigenvalue weighted by atomic mass is 79.9. The number of carbonyl (C=O) groups excluding carboxylic acids is 1. The Morgan fingerprint density at radius 3 is 2.73 bits per heavy atom. The Kier molecular flexibility index (Phi) is 3.67. The number of halogens is 4. The molecule has 1 aromatic rings. The quantitative estimate of drug-likeness (QED) is 0.906. The SMILES string of the molecule is O=C(CC(F)(F)F)Nc1ncccc1Br. The van der Waals surface area contributed by atoms with Crippen molar-refractivity contribution in [2.75, 3.05) is 5.32 Å². The largest absolute Gasteiger partial charge is 0.397 e. The number of hydrogen-bond donors (Lipinski definition) is 1. The van der Waals surface area contributed by atoms with E-state index in [0.29, 0.717) is 4.47 Å². The van der Waals surface area contributed by atoms with Crippen LogP contribution in [0, 0.1) is 0 Å². The van der Waals surface area contributed by atoms with Crippen LogP contribution in [0.25, 0.3) is 0 Å². The molecule has 15 heavy (non-hydrogen) atoms. The van der Waals surface area contributed by atoms with Crippen LogP contribution in [0.3, 0.4) is 0 Å². The summed E-state index contributed by atoms with van der Waals surface area (Å²) < 4.78 is 35.9. The average molecular weight is 283 g/mol. The van der Waals surface area contributed by atoms with Gasteiger partial charge in [0.05, 0.1) is 4.47 Å². The summed E-state index contributed by atoms with van der Waals surface area (Å²) in [4.78, 5) is 14.6. The molecule has 1 aromatic heterocycles. The molecule has 0 saturated carbocycles. The van der Waals surface area contributed by atoms with Gasteiger partial charge in [0.15, 0.2) is 0 Å². The monoisotopic (exact) mass is 282 g/mol. The zero-order chi connectivity index (χ0) is 11.5. The first-order valence-corrected chi connectivity index (χ1v) is 4.65. The second-order valence-corrected chi connectivity index (χ2v) is 3.53. The van der Waals surface area contributed by atoms with E-state index in [1.807, 2.05) is 5.32 Å². The maximum atomic E-state index is 11.8. The number of rotatable bonds is 2. The standard InChI is InChI=1S/C8H6BrF3N2O/c9-5-2-1-3-13-7(5)14-6(15)4-8(10,11)12/h1-3H,4H2,(H,13,14,15). The molecule has 0 spiro atoms. The first kappa shape index (κ1) is 12.0. The van der Waals surface area contributed by atoms with Crippen molar-refractivity contribution in [1.82, 2.24) is 4.98 Å². The van der Waals surface area contributed by atoms with E-state index >= 15 is 0 Å². The molecule has 82 valence electrons. The van der Waals surface area contributed by atoms with Crippen molar-refractivity contribution < 1.29 is 18.0 Å². The van der Waals surface area contributed by atoms with Crippen LogP contribution in [-0.4, -0.2) is 17.1 Å². The van der Waals surface area contributed by atoms with E-state index in [9.17, 15) is 18.0 Å². The Labute approximate surface area is 91.8 Å². The highest BCUT2D eigenvalue weighted by Crippen LogP contribution is 2.22. The Bertz CT molecular complexity index is 367. The van der Waals surface area contributed by atoms with E-state index in [0.717, 1.165) is 0 Å². The van der Waals surface area contributed by atoms with Gasteiger partial charge >= 0.3 is 6.18 Å². The number of hydrogen-bond acceptors (Lipinski definition) is 2. The molecule has 0 aromatic carbocycles. The minimum atomic E-state index is -4.51. The molecular formula is C8H6BrF3N2O. The Morgan fingerprint density at radius 2 is 2.20 bits per heavy atom. The summed E-state index contributed by atoms with van der Waals surface area (Å²) in [6, 6.07) is 3.15. The summed E-state index contributed by atoms with van der Waals surface area (Å²) in [5.41, 5.74) is 0. The Hall–Kier alpha value is -1.11. The molecular weight excluding hydrogens is 277 g/mol. The number of aromatic nitrogens is 1. The van der Waals surface area contributed by atoms with Crippen LogP contribution in [-0.2, 0) is 4.79 Å². The number of alkyl halides is 3. The van der Waals surface area contributed by atoms with Gasteiger partial charge in [-0.25, -0.2) is 4.98 Å². The van der Waals surface area contributed by atoms with Crippen molar-refractivity contribution >= 4 is 27.7 Å². The normalized spacial score (nSPS) is 11.2. The van der Waals surface area contributed by atoms with Gasteiger partial charge in [-0.15, -0.1) is 0 Å². The molecule has 0 aliphatic heterocycles. The molecule has 0 atom stereocenters. The van der Waals surface area contributed by atoms with Crippen molar-refractivity contribution in [3.05, 3.63) is 22.8 Å². The lowest BCUT2D eigenvalue weighted by molar-refractivity contribution is -0.150. The molecule has 0 bridgehead atoms. The number of amides is 1. The van der Waals surface area contributed by atoms with Crippen LogP contribution in [0.15, 0.2) is 22.8 Å². The van der Waals surface area contributed by atoms with Gasteiger partial charge in [-0.3, -0.25) is 4.79 Å². The van der Waals surface area contributed by atoms with Gasteiger partial charge in [-0.1, -0.05) is 0 Å². The minimum absolute atomic E-state index is 0.0757. The van der Waals surface area contributed by atoms with Gasteiger partial charge in [0.25, 0.3) is 0 Å². The molecule has 1 rings (SSSR count). The van der Waals surface area contributed by atoms with E-state index < -0.39 is 18.5 Å². The van der Waals surface area contributed by atoms with Crippen molar-refractivity contribution in [3.8, 4) is 0 Å². The van der Waals surface area contributed by atoms with E-state index in [1.165, 1.54) is 6.20 Å². The summed E-state index contributed by atoms with van der Waals surface area (Å²) >= 11 is 3.05. The fourth-order valence-electron chi connectivity index (χ4n) is 0.836. The van der Waals surface area contributed by atoms with E-state index in [1.54, 1.807) is 12.1 Å². The maximum Gasteiger partial charge on any atom is 0.397 e. The summed E-state index contributed by atoms with van der Waals surface area (Å²) in [5, 5.41) is 2.05. The third-order valence-corrected chi connectivity index (χ3v) is 2.02. The predicted octanol–water partition coefficient (Wildman–Crippen LogP) is 2.74. The van der Waals surface area contributed by atoms with Crippen LogP contribution in [0.2, 0.25) is 0 Å². The molecule has 0 aliphatic rings. The van der Waals surface area contributed by atoms with Crippen molar-refractivity contribution in [2.24, 2.45) is 0 Å². The van der Waals surface area contributed by atoms with E-state index in [-0.39, 0.29) is 5.82 Å². The molecule has 0 radical (unpaired) electrons. The molecule has 1 amide bonds. The summed E-state index contributed by atoms with van der Waals surface area (Å²) in [5.74, 6) is -1.06. The van der Waals surface area contributed by atoms with Crippen LogP contribution in [0.4, 0.5) is 19.0 Å². The summed E-state index contributed by atoms with van der Waals surface area (Å²) in [6.45, 7) is 0. The predicted molar refractivity (Wildman–Crippen MR) is 51.2 cm³/mol. The summed E-state index contributed by atoms with van der Waals surface area (Å²) in [7, 11) is 0. The van der Waals surface area contributed by atoms with Crippen molar-refractivity contribution in [3.63, 3.8) is 0 Å². The van der Waals surface area contributed by atoms with Crippen molar-refractivity contribution in [2.45, 2.75) is 12.6 Å². The van der Waals surface area contributed by atoms with Crippen LogP contribution in [0.1, 0.15) is 6.42 Å². The van der Waals surface area contributed by atoms with Gasteiger partial charge < -0.3 is 5.32 Å². The van der Waals surface area contributed by atoms with Crippen LogP contribution in [0.5, 0.6) is 0 Å². The Morgan fingerprint density at radius 1 is 1.53 bits per heavy atom. The molecule has 0 unspecified atom stereocenters. The zero-order valence-electron chi connectivity index (χ0n) is 7.31. The number of pyridine rings is 1. The number of nitrogens with zero attached hydrogens (tertiary/aromatic N) is 1. The van der Waals surface area contributed by atoms with Gasteiger partial charge in [0.2, 0.25) is 5.91 Å². The van der Waals surface area contributed by atoms with Crippen molar-refractivity contribution in [1.29, 1.82) is 0 Å². The second-order valence-electron chi connectivity index (χ2n) is 2.67. The minimum Gasteiger partial charge on any atom is -0.309 e. The van der Waals surface area contributed by atoms with Gasteiger partial charge in [0, 0.05) is 6.20 Å². The molecule has 3 nitrogen and oxygen atoms in total. The fraction of sp³-hybridized carbons (Fsp3) is 0.250. The van der Waals surface area contributed by atoms with Crippen LogP contribution >= 0.6 is 15.9 Å². The van der Waals surface area contributed by atoms with E-state index in [2.05, 4.69) is 20.9 Å². The lowest BCUT2D eigenvalue weighted by atomic mass is 10.4. The third-order valence-electron chi connectivity index (χ3n) is 1.38. The molecule has 0 aliphatic carbocycles. The fourth-order valence-corrected chi connectivity index (χ4v) is 1.19. The summed E-state index contributed by atoms with van der Waals surface area (Å²) in [6.07, 6.45) is -4.66. The molecule has 1 heterocycles. The smallest absolute Gasteiger partial charge is 0.309 e. The molecule has 0 saturated heterocycles. The average Bonchev–Trinajstić information content (AvgIpc) is 2.05. The number of anilines is 1. The molecule has 1 N–H and O–H groups in total.